The van der Waals surface area contributed by atoms with Crippen molar-refractivity contribution in [1.29, 1.82) is 0 Å². The quantitative estimate of drug-likeness (QED) is 0.108. The molecule has 0 bridgehead atoms. The van der Waals surface area contributed by atoms with Crippen LogP contribution in [0.1, 0.15) is 77.0 Å². The molecule has 0 unspecified atom stereocenters. The summed E-state index contributed by atoms with van der Waals surface area (Å²) in [5, 5.41) is 0. The van der Waals surface area contributed by atoms with Gasteiger partial charge < -0.3 is 9.47 Å². The Morgan fingerprint density at radius 3 is 1.24 bits per heavy atom. The summed E-state index contributed by atoms with van der Waals surface area (Å²) in [5.41, 5.74) is 0. The van der Waals surface area contributed by atoms with E-state index in [9.17, 15) is 27.2 Å². The number of allylic oxidation sites excluding steroid dienone is 8. The maximum absolute atomic E-state index is 13.2. The van der Waals surface area contributed by atoms with Gasteiger partial charge in [0.05, 0.1) is 35.0 Å². The van der Waals surface area contributed by atoms with Crippen molar-refractivity contribution in [2.45, 2.75) is 77.0 Å². The molecule has 2 aromatic rings. The molecule has 0 saturated heterocycles. The van der Waals surface area contributed by atoms with Crippen molar-refractivity contribution in [2.24, 2.45) is 11.8 Å². The van der Waals surface area contributed by atoms with Gasteiger partial charge in [-0.1, -0.05) is 38.5 Å². The van der Waals surface area contributed by atoms with Crippen LogP contribution in [-0.2, 0) is 31.3 Å². The molecule has 0 spiro atoms. The van der Waals surface area contributed by atoms with Gasteiger partial charge in [0.1, 0.15) is 0 Å². The van der Waals surface area contributed by atoms with E-state index >= 15 is 0 Å². The Labute approximate surface area is 278 Å². The summed E-state index contributed by atoms with van der Waals surface area (Å²) < 4.78 is 61.5. The van der Waals surface area contributed by atoms with E-state index in [2.05, 4.69) is 24.3 Å². The number of ether oxygens (including phenoxy) is 2. The summed E-state index contributed by atoms with van der Waals surface area (Å²) >= 11 is 0. The number of hydrogen-bond donors (Lipinski definition) is 0. The van der Waals surface area contributed by atoms with Crippen molar-refractivity contribution in [3.63, 3.8) is 0 Å². The Hall–Kier alpha value is -3.23. The second-order valence-electron chi connectivity index (χ2n) is 10.5. The largest absolute Gasteiger partial charge is 4.00 e. The van der Waals surface area contributed by atoms with Gasteiger partial charge in [-0.15, -0.1) is 49.2 Å². The predicted molar refractivity (Wildman–Crippen MR) is 158 cm³/mol. The molecule has 2 saturated carbocycles. The summed E-state index contributed by atoms with van der Waals surface area (Å²) in [6.45, 7) is 0. The molecule has 0 aromatic heterocycles. The fraction of sp³-hybridized carbons (Fsp3) is 0.389. The predicted octanol–water partition coefficient (Wildman–Crippen LogP) is 9.11. The van der Waals surface area contributed by atoms with Crippen LogP contribution in [0, 0.1) is 59.4 Å². The van der Waals surface area contributed by atoms with Gasteiger partial charge in [-0.25, -0.2) is 41.9 Å². The van der Waals surface area contributed by atoms with Gasteiger partial charge in [-0.2, -0.15) is 12.2 Å². The minimum atomic E-state index is -0.964. The minimum absolute atomic E-state index is 0. The third kappa shape index (κ3) is 14.6. The van der Waals surface area contributed by atoms with Crippen LogP contribution in [0.25, 0.3) is 0 Å². The summed E-state index contributed by atoms with van der Waals surface area (Å²) in [7, 11) is 0. The molecule has 0 radical (unpaired) electrons. The van der Waals surface area contributed by atoms with Crippen molar-refractivity contribution in [2.75, 3.05) is 0 Å². The molecule has 6 rings (SSSR count). The van der Waals surface area contributed by atoms with E-state index in [-0.39, 0.29) is 45.1 Å². The zero-order chi connectivity index (χ0) is 31.6. The van der Waals surface area contributed by atoms with E-state index in [4.69, 9.17) is 9.47 Å². The zero-order valence-corrected chi connectivity index (χ0v) is 26.6. The average Bonchev–Trinajstić information content (AvgIpc) is 3.82. The molecule has 4 nitrogen and oxygen atoms in total. The van der Waals surface area contributed by atoms with Crippen LogP contribution in [0.2, 0.25) is 0 Å². The molecule has 45 heavy (non-hydrogen) atoms. The molecule has 4 aliphatic carbocycles. The third-order valence-electron chi connectivity index (χ3n) is 7.12. The summed E-state index contributed by atoms with van der Waals surface area (Å²) in [6.07, 6.45) is 29.4. The van der Waals surface area contributed by atoms with Crippen LogP contribution >= 0.6 is 0 Å². The van der Waals surface area contributed by atoms with Crippen LogP contribution < -0.4 is 9.47 Å². The number of carbonyl (C=O) groups excluding carboxylic acids is 2. The second-order valence-corrected chi connectivity index (χ2v) is 10.5. The Balaban J connectivity index is 0.000000235. The van der Waals surface area contributed by atoms with Crippen LogP contribution in [0.4, 0.5) is 17.6 Å². The molecular formula is C36H36F4O4Ti. The molecule has 2 fully saturated rings. The summed E-state index contributed by atoms with van der Waals surface area (Å²) in [4.78, 5) is 23.4. The Morgan fingerprint density at radius 1 is 0.600 bits per heavy atom. The molecule has 236 valence electrons. The van der Waals surface area contributed by atoms with Gasteiger partial charge >= 0.3 is 33.7 Å². The van der Waals surface area contributed by atoms with E-state index < -0.39 is 35.2 Å². The average molecular weight is 657 g/mol. The maximum Gasteiger partial charge on any atom is 4.00 e. The monoisotopic (exact) mass is 656 g/mol. The number of halogens is 4. The standard InChI is InChI=1S/2C13H13F2O2.2C5H5.Ti/c2*14-10-6-7-12(11(15)8-10)17-13(16)9-4-2-1-3-5-9;2*1-2-4-5-3-1;/h2*6-7,9H,1-5H2;2*1-3H,4H2;/q4*-1;+4. The van der Waals surface area contributed by atoms with Crippen LogP contribution in [-0.4, -0.2) is 11.9 Å². The van der Waals surface area contributed by atoms with Gasteiger partial charge in [0, 0.05) is 11.6 Å². The zero-order valence-electron chi connectivity index (χ0n) is 25.1. The number of esters is 2. The van der Waals surface area contributed by atoms with Crippen molar-refractivity contribution in [3.05, 3.63) is 108 Å². The Kier molecular flexibility index (Phi) is 18.1. The topological polar surface area (TPSA) is 52.6 Å². The number of carbonyl (C=O) groups is 2. The Morgan fingerprint density at radius 2 is 0.978 bits per heavy atom. The van der Waals surface area contributed by atoms with Crippen LogP contribution in [0.15, 0.2) is 60.7 Å². The fourth-order valence-electron chi connectivity index (χ4n) is 4.76. The molecule has 0 amide bonds. The molecule has 0 N–H and O–H groups in total. The molecular weight excluding hydrogens is 620 g/mol. The van der Waals surface area contributed by atoms with Gasteiger partial charge in [-0.3, -0.25) is 21.7 Å². The molecule has 9 heteroatoms. The van der Waals surface area contributed by atoms with Crippen LogP contribution in [0.5, 0.6) is 11.5 Å². The van der Waals surface area contributed by atoms with Crippen molar-refractivity contribution in [3.8, 4) is 11.5 Å². The maximum atomic E-state index is 13.2. The molecule has 0 atom stereocenters. The smallest absolute Gasteiger partial charge is 0.487 e. The number of hydrogen-bond acceptors (Lipinski definition) is 4. The van der Waals surface area contributed by atoms with E-state index in [1.165, 1.54) is 0 Å². The first-order valence-electron chi connectivity index (χ1n) is 14.9. The van der Waals surface area contributed by atoms with Gasteiger partial charge in [0.15, 0.2) is 0 Å². The van der Waals surface area contributed by atoms with E-state index in [1.54, 1.807) is 0 Å². The van der Waals surface area contributed by atoms with Gasteiger partial charge in [0.25, 0.3) is 0 Å². The molecule has 0 aliphatic heterocycles. The molecule has 0 heterocycles. The Bertz CT molecular complexity index is 1200. The minimum Gasteiger partial charge on any atom is -0.487 e. The van der Waals surface area contributed by atoms with Crippen molar-refractivity contribution in [1.82, 2.24) is 0 Å². The fourth-order valence-corrected chi connectivity index (χ4v) is 4.76. The first-order valence-corrected chi connectivity index (χ1v) is 14.9. The van der Waals surface area contributed by atoms with E-state index in [1.807, 2.05) is 36.4 Å². The summed E-state index contributed by atoms with van der Waals surface area (Å²) in [5.74, 6) is -5.21. The second kappa shape index (κ2) is 21.5. The van der Waals surface area contributed by atoms with Crippen LogP contribution in [0.3, 0.4) is 0 Å². The third-order valence-corrected chi connectivity index (χ3v) is 7.12. The van der Waals surface area contributed by atoms with E-state index in [0.29, 0.717) is 0 Å². The first-order chi connectivity index (χ1) is 21.3. The normalized spacial score (nSPS) is 16.6. The van der Waals surface area contributed by atoms with Crippen molar-refractivity contribution < 1.29 is 58.3 Å². The van der Waals surface area contributed by atoms with Gasteiger partial charge in [0.2, 0.25) is 0 Å². The van der Waals surface area contributed by atoms with Crippen molar-refractivity contribution >= 4 is 11.9 Å². The van der Waals surface area contributed by atoms with Gasteiger partial charge in [-0.05, 0) is 25.7 Å². The molecule has 2 aromatic carbocycles. The van der Waals surface area contributed by atoms with E-state index in [0.717, 1.165) is 101 Å². The molecule has 4 aliphatic rings. The first kappa shape index (κ1) is 38.0. The number of rotatable bonds is 4. The number of benzene rings is 2. The summed E-state index contributed by atoms with van der Waals surface area (Å²) in [6, 6.07) is 7.94. The SMILES string of the molecule is O=C(Oc1ccc(F)[c-]c1F)C1CCCCC1.O=C(Oc1ccc(F)[c-]c1F)C1CCCCC1.[C-]1=CC=CC1.[C-]1=CC=CC1.[Ti+4].